The first kappa shape index (κ1) is 21.2. The van der Waals surface area contributed by atoms with E-state index in [4.69, 9.17) is 9.72 Å². The Labute approximate surface area is 190 Å². The van der Waals surface area contributed by atoms with Crippen molar-refractivity contribution in [2.24, 2.45) is 0 Å². The molecule has 2 aromatic heterocycles. The molecule has 3 aromatic rings. The topological polar surface area (TPSA) is 67.2 Å². The summed E-state index contributed by atoms with van der Waals surface area (Å²) in [6.07, 6.45) is 6.13. The smallest absolute Gasteiger partial charge is 0.223 e. The van der Waals surface area contributed by atoms with Gasteiger partial charge in [0.2, 0.25) is 5.95 Å². The van der Waals surface area contributed by atoms with Gasteiger partial charge >= 0.3 is 0 Å². The summed E-state index contributed by atoms with van der Waals surface area (Å²) >= 11 is 0. The Morgan fingerprint density at radius 3 is 2.50 bits per heavy atom. The molecule has 2 fully saturated rings. The average Bonchev–Trinajstić information content (AvgIpc) is 3.12. The molecule has 0 unspecified atom stereocenters. The van der Waals surface area contributed by atoms with Crippen LogP contribution in [-0.4, -0.2) is 58.1 Å². The van der Waals surface area contributed by atoms with Gasteiger partial charge in [-0.05, 0) is 52.7 Å². The third-order valence-electron chi connectivity index (χ3n) is 6.44. The van der Waals surface area contributed by atoms with Crippen molar-refractivity contribution in [2.75, 3.05) is 36.6 Å². The molecule has 170 valence electrons. The van der Waals surface area contributed by atoms with Crippen LogP contribution in [0.25, 0.3) is 22.2 Å². The predicted molar refractivity (Wildman–Crippen MR) is 130 cm³/mol. The van der Waals surface area contributed by atoms with Crippen molar-refractivity contribution in [2.45, 2.75) is 57.7 Å². The minimum absolute atomic E-state index is 0.0720. The standard InChI is InChI=1S/C25H34N6O/c1-24(2)15-18(16-25(3,4)29-24)27-23-26-10-9-21(28-23)20-17-31(30-11-13-32-14-12-30)22-8-6-5-7-19(20)22/h5-10,17-18,29H,11-16H2,1-4H3,(H,26,27,28). The molecule has 0 radical (unpaired) electrons. The first-order valence-corrected chi connectivity index (χ1v) is 11.6. The van der Waals surface area contributed by atoms with Crippen molar-refractivity contribution in [3.05, 3.63) is 42.7 Å². The van der Waals surface area contributed by atoms with Crippen LogP contribution in [0.2, 0.25) is 0 Å². The second-order valence-corrected chi connectivity index (χ2v) is 10.4. The Kier molecular flexibility index (Phi) is 5.34. The number of hydrogen-bond donors (Lipinski definition) is 2. The molecular weight excluding hydrogens is 400 g/mol. The van der Waals surface area contributed by atoms with Crippen LogP contribution in [0.1, 0.15) is 40.5 Å². The van der Waals surface area contributed by atoms with Gasteiger partial charge in [0.1, 0.15) is 0 Å². The molecule has 7 nitrogen and oxygen atoms in total. The van der Waals surface area contributed by atoms with Crippen LogP contribution < -0.4 is 15.6 Å². The van der Waals surface area contributed by atoms with Crippen LogP contribution in [0.4, 0.5) is 5.95 Å². The van der Waals surface area contributed by atoms with E-state index in [1.165, 1.54) is 10.9 Å². The van der Waals surface area contributed by atoms with Gasteiger partial charge in [-0.3, -0.25) is 4.68 Å². The van der Waals surface area contributed by atoms with E-state index in [0.717, 1.165) is 50.4 Å². The predicted octanol–water partition coefficient (Wildman–Crippen LogP) is 3.79. The maximum Gasteiger partial charge on any atom is 0.223 e. The lowest BCUT2D eigenvalue weighted by Crippen LogP contribution is -2.60. The van der Waals surface area contributed by atoms with Gasteiger partial charge < -0.3 is 20.4 Å². The van der Waals surface area contributed by atoms with E-state index in [2.05, 4.69) is 83.5 Å². The SMILES string of the molecule is CC1(C)CC(Nc2nccc(-c3cn(N4CCOCC4)c4ccccc34)n2)CC(C)(C)N1. The largest absolute Gasteiger partial charge is 0.378 e. The number of hydrogen-bond acceptors (Lipinski definition) is 6. The lowest BCUT2D eigenvalue weighted by molar-refractivity contribution is 0.112. The van der Waals surface area contributed by atoms with Crippen LogP contribution in [0.3, 0.4) is 0 Å². The van der Waals surface area contributed by atoms with Crippen LogP contribution >= 0.6 is 0 Å². The Hall–Kier alpha value is -2.64. The number of nitrogens with zero attached hydrogens (tertiary/aromatic N) is 4. The van der Waals surface area contributed by atoms with Gasteiger partial charge in [0, 0.05) is 40.5 Å². The van der Waals surface area contributed by atoms with E-state index in [-0.39, 0.29) is 11.1 Å². The summed E-state index contributed by atoms with van der Waals surface area (Å²) in [6.45, 7) is 12.3. The molecule has 0 atom stereocenters. The Balaban J connectivity index is 1.46. The molecule has 0 amide bonds. The van der Waals surface area contributed by atoms with Crippen LogP contribution in [0.15, 0.2) is 42.7 Å². The molecular formula is C25H34N6O. The van der Waals surface area contributed by atoms with Crippen molar-refractivity contribution in [3.63, 3.8) is 0 Å². The summed E-state index contributed by atoms with van der Waals surface area (Å²) in [4.78, 5) is 9.50. The van der Waals surface area contributed by atoms with Gasteiger partial charge in [0.15, 0.2) is 0 Å². The number of fused-ring (bicyclic) bond motifs is 1. The maximum atomic E-state index is 5.55. The molecule has 0 saturated carbocycles. The highest BCUT2D eigenvalue weighted by Gasteiger charge is 2.37. The number of morpholine rings is 1. The molecule has 7 heteroatoms. The zero-order valence-electron chi connectivity index (χ0n) is 19.6. The Morgan fingerprint density at radius 1 is 1.03 bits per heavy atom. The molecule has 32 heavy (non-hydrogen) atoms. The zero-order valence-corrected chi connectivity index (χ0v) is 19.6. The molecule has 1 aromatic carbocycles. The second kappa shape index (κ2) is 8.05. The van der Waals surface area contributed by atoms with Gasteiger partial charge in [-0.1, -0.05) is 18.2 Å². The van der Waals surface area contributed by atoms with Crippen molar-refractivity contribution < 1.29 is 4.74 Å². The van der Waals surface area contributed by atoms with E-state index in [9.17, 15) is 0 Å². The number of rotatable bonds is 4. The lowest BCUT2D eigenvalue weighted by atomic mass is 9.80. The molecule has 2 saturated heterocycles. The minimum atomic E-state index is 0.0720. The number of ether oxygens (including phenoxy) is 1. The molecule has 0 spiro atoms. The molecule has 2 N–H and O–H groups in total. The summed E-state index contributed by atoms with van der Waals surface area (Å²) in [6, 6.07) is 10.9. The molecule has 2 aliphatic rings. The van der Waals surface area contributed by atoms with Gasteiger partial charge in [-0.25, -0.2) is 9.97 Å². The average molecular weight is 435 g/mol. The highest BCUT2D eigenvalue weighted by molar-refractivity contribution is 5.95. The van der Waals surface area contributed by atoms with Gasteiger partial charge in [-0.15, -0.1) is 0 Å². The quantitative estimate of drug-likeness (QED) is 0.651. The molecule has 2 aliphatic heterocycles. The van der Waals surface area contributed by atoms with E-state index >= 15 is 0 Å². The van der Waals surface area contributed by atoms with Crippen LogP contribution in [0.5, 0.6) is 0 Å². The van der Waals surface area contributed by atoms with Crippen molar-refractivity contribution in [1.82, 2.24) is 20.0 Å². The van der Waals surface area contributed by atoms with E-state index in [1.807, 2.05) is 12.3 Å². The number of anilines is 1. The van der Waals surface area contributed by atoms with Gasteiger partial charge in [0.05, 0.1) is 37.5 Å². The summed E-state index contributed by atoms with van der Waals surface area (Å²) in [5, 5.41) is 10.9. The third kappa shape index (κ3) is 4.32. The first-order chi connectivity index (χ1) is 15.3. The fraction of sp³-hybridized carbons (Fsp3) is 0.520. The normalized spacial score (nSPS) is 21.1. The summed E-state index contributed by atoms with van der Waals surface area (Å²) in [5.41, 5.74) is 3.41. The minimum Gasteiger partial charge on any atom is -0.378 e. The fourth-order valence-electron chi connectivity index (χ4n) is 5.56. The lowest BCUT2D eigenvalue weighted by Gasteiger charge is -2.46. The van der Waals surface area contributed by atoms with Gasteiger partial charge in [0.25, 0.3) is 0 Å². The number of piperidine rings is 1. The maximum absolute atomic E-state index is 5.55. The Bertz CT molecular complexity index is 1080. The summed E-state index contributed by atoms with van der Waals surface area (Å²) in [7, 11) is 0. The number of nitrogens with one attached hydrogen (secondary N) is 2. The second-order valence-electron chi connectivity index (χ2n) is 10.4. The number of para-hydroxylation sites is 1. The molecule has 4 heterocycles. The molecule has 5 rings (SSSR count). The van der Waals surface area contributed by atoms with E-state index < -0.39 is 0 Å². The summed E-state index contributed by atoms with van der Waals surface area (Å²) in [5.74, 6) is 0.698. The first-order valence-electron chi connectivity index (χ1n) is 11.6. The number of benzene rings is 1. The van der Waals surface area contributed by atoms with E-state index in [0.29, 0.717) is 12.0 Å². The Morgan fingerprint density at radius 2 is 1.75 bits per heavy atom. The van der Waals surface area contributed by atoms with Crippen LogP contribution in [-0.2, 0) is 4.74 Å². The summed E-state index contributed by atoms with van der Waals surface area (Å²) < 4.78 is 7.82. The monoisotopic (exact) mass is 434 g/mol. The molecule has 0 bridgehead atoms. The fourth-order valence-corrected chi connectivity index (χ4v) is 5.56. The highest BCUT2D eigenvalue weighted by Crippen LogP contribution is 2.32. The van der Waals surface area contributed by atoms with Crippen LogP contribution in [0, 0.1) is 0 Å². The van der Waals surface area contributed by atoms with Crippen molar-refractivity contribution >= 4 is 16.9 Å². The number of aromatic nitrogens is 3. The van der Waals surface area contributed by atoms with Crippen molar-refractivity contribution in [3.8, 4) is 11.3 Å². The van der Waals surface area contributed by atoms with Crippen molar-refractivity contribution in [1.29, 1.82) is 0 Å². The third-order valence-corrected chi connectivity index (χ3v) is 6.44. The zero-order chi connectivity index (χ0) is 22.3. The molecule has 0 aliphatic carbocycles. The van der Waals surface area contributed by atoms with E-state index in [1.54, 1.807) is 0 Å². The van der Waals surface area contributed by atoms with Gasteiger partial charge in [-0.2, -0.15) is 0 Å². The highest BCUT2D eigenvalue weighted by atomic mass is 16.5.